The Bertz CT molecular complexity index is 409. The van der Waals surface area contributed by atoms with Crippen LogP contribution in [-0.2, 0) is 11.3 Å². The minimum Gasteiger partial charge on any atom is -0.372 e. The molecule has 1 amide bonds. The standard InChI is InChI=1S/C11H19N5O2/c1-8-5-15(6-9(2)18-8)11(17)10-7-16(4-3-12)14-13-10/h7-9H,3-6,12H2,1-2H3/t8-,9+. The van der Waals surface area contributed by atoms with Gasteiger partial charge >= 0.3 is 0 Å². The second-order valence-electron chi connectivity index (χ2n) is 4.62. The highest BCUT2D eigenvalue weighted by molar-refractivity contribution is 5.92. The predicted octanol–water partition coefficient (Wildman–Crippen LogP) is -0.514. The number of nitrogens with zero attached hydrogens (tertiary/aromatic N) is 4. The zero-order valence-corrected chi connectivity index (χ0v) is 10.7. The van der Waals surface area contributed by atoms with Crippen LogP contribution in [0.15, 0.2) is 6.20 Å². The third-order valence-electron chi connectivity index (χ3n) is 2.82. The quantitative estimate of drug-likeness (QED) is 0.783. The average Bonchev–Trinajstić information content (AvgIpc) is 2.76. The number of aromatic nitrogens is 3. The van der Waals surface area contributed by atoms with Gasteiger partial charge in [0.1, 0.15) is 0 Å². The van der Waals surface area contributed by atoms with E-state index in [9.17, 15) is 4.79 Å². The molecule has 2 N–H and O–H groups in total. The molecule has 2 atom stereocenters. The molecule has 100 valence electrons. The van der Waals surface area contributed by atoms with Crippen LogP contribution in [0.25, 0.3) is 0 Å². The molecule has 1 aromatic rings. The summed E-state index contributed by atoms with van der Waals surface area (Å²) in [5.41, 5.74) is 5.79. The van der Waals surface area contributed by atoms with Crippen LogP contribution in [0.2, 0.25) is 0 Å². The number of hydrogen-bond acceptors (Lipinski definition) is 5. The number of morpholine rings is 1. The van der Waals surface area contributed by atoms with Crippen LogP contribution in [0.3, 0.4) is 0 Å². The maximum atomic E-state index is 12.2. The van der Waals surface area contributed by atoms with Gasteiger partial charge in [0.2, 0.25) is 0 Å². The lowest BCUT2D eigenvalue weighted by molar-refractivity contribution is -0.0587. The SMILES string of the molecule is C[C@@H]1CN(C(=O)c2cn(CCN)nn2)C[C@H](C)O1. The summed E-state index contributed by atoms with van der Waals surface area (Å²) < 4.78 is 7.18. The number of rotatable bonds is 3. The predicted molar refractivity (Wildman–Crippen MR) is 65.0 cm³/mol. The first kappa shape index (κ1) is 13.0. The second kappa shape index (κ2) is 5.45. The van der Waals surface area contributed by atoms with Crippen molar-refractivity contribution in [3.8, 4) is 0 Å². The summed E-state index contributed by atoms with van der Waals surface area (Å²) in [6.45, 7) is 6.14. The number of nitrogens with two attached hydrogens (primary N) is 1. The van der Waals surface area contributed by atoms with E-state index >= 15 is 0 Å². The van der Waals surface area contributed by atoms with Crippen molar-refractivity contribution in [3.05, 3.63) is 11.9 Å². The van der Waals surface area contributed by atoms with Crippen molar-refractivity contribution in [2.75, 3.05) is 19.6 Å². The van der Waals surface area contributed by atoms with Crippen molar-refractivity contribution in [2.45, 2.75) is 32.6 Å². The van der Waals surface area contributed by atoms with Gasteiger partial charge in [-0.25, -0.2) is 0 Å². The molecule has 0 bridgehead atoms. The maximum Gasteiger partial charge on any atom is 0.276 e. The summed E-state index contributed by atoms with van der Waals surface area (Å²) in [7, 11) is 0. The second-order valence-corrected chi connectivity index (χ2v) is 4.62. The first-order valence-electron chi connectivity index (χ1n) is 6.15. The highest BCUT2D eigenvalue weighted by Gasteiger charge is 2.27. The molecule has 0 unspecified atom stereocenters. The average molecular weight is 253 g/mol. The molecule has 0 radical (unpaired) electrons. The summed E-state index contributed by atoms with van der Waals surface area (Å²) in [6.07, 6.45) is 1.74. The fourth-order valence-electron chi connectivity index (χ4n) is 2.14. The molecular formula is C11H19N5O2. The van der Waals surface area contributed by atoms with Crippen LogP contribution in [0.1, 0.15) is 24.3 Å². The first-order valence-corrected chi connectivity index (χ1v) is 6.15. The van der Waals surface area contributed by atoms with E-state index in [2.05, 4.69) is 10.3 Å². The van der Waals surface area contributed by atoms with E-state index in [4.69, 9.17) is 10.5 Å². The van der Waals surface area contributed by atoms with Gasteiger partial charge in [0.15, 0.2) is 5.69 Å². The number of carbonyl (C=O) groups excluding carboxylic acids is 1. The summed E-state index contributed by atoms with van der Waals surface area (Å²) in [6, 6.07) is 0. The highest BCUT2D eigenvalue weighted by Crippen LogP contribution is 2.13. The van der Waals surface area contributed by atoms with Gasteiger partial charge in [-0.3, -0.25) is 9.48 Å². The Morgan fingerprint density at radius 2 is 2.17 bits per heavy atom. The van der Waals surface area contributed by atoms with E-state index < -0.39 is 0 Å². The van der Waals surface area contributed by atoms with E-state index in [1.54, 1.807) is 15.8 Å². The summed E-state index contributed by atoms with van der Waals surface area (Å²) >= 11 is 0. The number of hydrogen-bond donors (Lipinski definition) is 1. The number of amides is 1. The van der Waals surface area contributed by atoms with Gasteiger partial charge in [-0.2, -0.15) is 0 Å². The molecule has 1 aromatic heterocycles. The van der Waals surface area contributed by atoms with E-state index in [0.29, 0.717) is 31.9 Å². The lowest BCUT2D eigenvalue weighted by Crippen LogP contribution is -2.48. The van der Waals surface area contributed by atoms with Crippen molar-refractivity contribution in [2.24, 2.45) is 5.73 Å². The molecule has 7 heteroatoms. The minimum atomic E-state index is -0.0970. The molecule has 0 saturated carbocycles. The normalized spacial score (nSPS) is 24.3. The van der Waals surface area contributed by atoms with E-state index in [1.165, 1.54) is 0 Å². The van der Waals surface area contributed by atoms with Crippen LogP contribution in [0.5, 0.6) is 0 Å². The van der Waals surface area contributed by atoms with E-state index in [1.807, 2.05) is 13.8 Å². The summed E-state index contributed by atoms with van der Waals surface area (Å²) in [5, 5.41) is 7.75. The Morgan fingerprint density at radius 3 is 2.78 bits per heavy atom. The van der Waals surface area contributed by atoms with Crippen LogP contribution in [-0.4, -0.2) is 57.6 Å². The fourth-order valence-corrected chi connectivity index (χ4v) is 2.14. The van der Waals surface area contributed by atoms with Gasteiger partial charge < -0.3 is 15.4 Å². The Balaban J connectivity index is 2.05. The largest absolute Gasteiger partial charge is 0.372 e. The third kappa shape index (κ3) is 2.85. The topological polar surface area (TPSA) is 86.3 Å². The third-order valence-corrected chi connectivity index (χ3v) is 2.82. The monoisotopic (exact) mass is 253 g/mol. The van der Waals surface area contributed by atoms with Crippen LogP contribution >= 0.6 is 0 Å². The molecule has 0 aromatic carbocycles. The Hall–Kier alpha value is -1.47. The Morgan fingerprint density at radius 1 is 1.50 bits per heavy atom. The summed E-state index contributed by atoms with van der Waals surface area (Å²) in [4.78, 5) is 14.0. The number of ether oxygens (including phenoxy) is 1. The van der Waals surface area contributed by atoms with E-state index in [0.717, 1.165) is 0 Å². The fraction of sp³-hybridized carbons (Fsp3) is 0.727. The summed E-state index contributed by atoms with van der Waals surface area (Å²) in [5.74, 6) is -0.0970. The molecule has 0 aliphatic carbocycles. The molecular weight excluding hydrogens is 234 g/mol. The van der Waals surface area contributed by atoms with Crippen LogP contribution in [0.4, 0.5) is 0 Å². The Kier molecular flexibility index (Phi) is 3.93. The first-order chi connectivity index (χ1) is 8.60. The molecule has 1 aliphatic heterocycles. The molecule has 7 nitrogen and oxygen atoms in total. The number of carbonyl (C=O) groups is 1. The van der Waals surface area contributed by atoms with Gasteiger partial charge in [-0.1, -0.05) is 5.21 Å². The lowest BCUT2D eigenvalue weighted by Gasteiger charge is -2.34. The van der Waals surface area contributed by atoms with Crippen LogP contribution < -0.4 is 5.73 Å². The molecule has 1 saturated heterocycles. The molecule has 2 rings (SSSR count). The highest BCUT2D eigenvalue weighted by atomic mass is 16.5. The minimum absolute atomic E-state index is 0.0526. The molecule has 0 spiro atoms. The van der Waals surface area contributed by atoms with Crippen molar-refractivity contribution in [1.29, 1.82) is 0 Å². The van der Waals surface area contributed by atoms with Gasteiger partial charge in [-0.05, 0) is 13.8 Å². The zero-order valence-electron chi connectivity index (χ0n) is 10.7. The van der Waals surface area contributed by atoms with Gasteiger partial charge in [-0.15, -0.1) is 5.10 Å². The van der Waals surface area contributed by atoms with E-state index in [-0.39, 0.29) is 18.1 Å². The molecule has 18 heavy (non-hydrogen) atoms. The molecule has 2 heterocycles. The lowest BCUT2D eigenvalue weighted by atomic mass is 10.2. The molecule has 1 aliphatic rings. The van der Waals surface area contributed by atoms with Gasteiger partial charge in [0.25, 0.3) is 5.91 Å². The smallest absolute Gasteiger partial charge is 0.276 e. The maximum absolute atomic E-state index is 12.2. The van der Waals surface area contributed by atoms with Gasteiger partial charge in [0, 0.05) is 19.6 Å². The van der Waals surface area contributed by atoms with Gasteiger partial charge in [0.05, 0.1) is 24.9 Å². The Labute approximate surface area is 106 Å². The van der Waals surface area contributed by atoms with Crippen molar-refractivity contribution in [3.63, 3.8) is 0 Å². The van der Waals surface area contributed by atoms with Crippen molar-refractivity contribution < 1.29 is 9.53 Å². The van der Waals surface area contributed by atoms with Crippen molar-refractivity contribution in [1.82, 2.24) is 19.9 Å². The molecule has 1 fully saturated rings. The van der Waals surface area contributed by atoms with Crippen molar-refractivity contribution >= 4 is 5.91 Å². The zero-order chi connectivity index (χ0) is 13.1. The van der Waals surface area contributed by atoms with Crippen LogP contribution in [0, 0.1) is 0 Å².